The van der Waals surface area contributed by atoms with E-state index in [2.05, 4.69) is 5.32 Å². The first kappa shape index (κ1) is 19.2. The van der Waals surface area contributed by atoms with Gasteiger partial charge in [0.25, 0.3) is 0 Å². The van der Waals surface area contributed by atoms with Crippen molar-refractivity contribution in [3.8, 4) is 5.75 Å². The Bertz CT molecular complexity index is 897. The molecule has 134 valence electrons. The minimum absolute atomic E-state index is 0.381. The van der Waals surface area contributed by atoms with Gasteiger partial charge in [-0.15, -0.1) is 0 Å². The van der Waals surface area contributed by atoms with Crippen molar-refractivity contribution >= 4 is 52.1 Å². The van der Waals surface area contributed by atoms with E-state index < -0.39 is 0 Å². The molecule has 0 heterocycles. The summed E-state index contributed by atoms with van der Waals surface area (Å²) in [6, 6.07) is 18.5. The summed E-state index contributed by atoms with van der Waals surface area (Å²) in [4.78, 5) is 0. The van der Waals surface area contributed by atoms with Crippen LogP contribution in [0.1, 0.15) is 11.1 Å². The van der Waals surface area contributed by atoms with Crippen molar-refractivity contribution in [3.05, 3.63) is 91.9 Å². The molecule has 0 atom stereocenters. The molecule has 2 nitrogen and oxygen atoms in total. The summed E-state index contributed by atoms with van der Waals surface area (Å²) in [5, 5.41) is 5.75. The molecule has 0 bridgehead atoms. The Morgan fingerprint density at radius 1 is 0.731 bits per heavy atom. The van der Waals surface area contributed by atoms with Crippen LogP contribution in [-0.4, -0.2) is 0 Å². The summed E-state index contributed by atoms with van der Waals surface area (Å²) in [5.41, 5.74) is 2.78. The first-order valence-corrected chi connectivity index (χ1v) is 9.37. The number of hydrogen-bond donors (Lipinski definition) is 1. The van der Waals surface area contributed by atoms with Crippen molar-refractivity contribution < 1.29 is 4.74 Å². The zero-order valence-corrected chi connectivity index (χ0v) is 16.6. The van der Waals surface area contributed by atoms with Gasteiger partial charge in [-0.05, 0) is 48.0 Å². The summed E-state index contributed by atoms with van der Waals surface area (Å²) < 4.78 is 5.78. The van der Waals surface area contributed by atoms with Gasteiger partial charge in [0, 0.05) is 27.2 Å². The molecule has 0 saturated heterocycles. The topological polar surface area (TPSA) is 21.3 Å². The second kappa shape index (κ2) is 8.88. The van der Waals surface area contributed by atoms with Crippen molar-refractivity contribution in [2.75, 3.05) is 5.32 Å². The van der Waals surface area contributed by atoms with Gasteiger partial charge in [-0.2, -0.15) is 0 Å². The molecule has 0 aromatic heterocycles. The highest BCUT2D eigenvalue weighted by Crippen LogP contribution is 2.26. The van der Waals surface area contributed by atoms with E-state index >= 15 is 0 Å². The van der Waals surface area contributed by atoms with E-state index in [1.54, 1.807) is 30.3 Å². The largest absolute Gasteiger partial charge is 0.489 e. The van der Waals surface area contributed by atoms with Crippen molar-refractivity contribution in [1.82, 2.24) is 0 Å². The molecule has 0 amide bonds. The maximum atomic E-state index is 6.15. The second-order valence-electron chi connectivity index (χ2n) is 5.65. The van der Waals surface area contributed by atoms with Gasteiger partial charge in [0.05, 0.1) is 10.7 Å². The lowest BCUT2D eigenvalue weighted by atomic mass is 10.2. The fourth-order valence-corrected chi connectivity index (χ4v) is 3.15. The van der Waals surface area contributed by atoms with E-state index in [0.29, 0.717) is 33.2 Å². The van der Waals surface area contributed by atoms with Crippen molar-refractivity contribution in [2.45, 2.75) is 13.2 Å². The Balaban J connectivity index is 1.57. The molecule has 3 rings (SSSR count). The lowest BCUT2D eigenvalue weighted by Crippen LogP contribution is -2.00. The molecule has 0 saturated carbocycles. The van der Waals surface area contributed by atoms with Gasteiger partial charge in [-0.1, -0.05) is 64.6 Å². The van der Waals surface area contributed by atoms with E-state index in [-0.39, 0.29) is 0 Å². The van der Waals surface area contributed by atoms with E-state index in [1.807, 2.05) is 30.3 Å². The number of hydrogen-bond acceptors (Lipinski definition) is 2. The van der Waals surface area contributed by atoms with Gasteiger partial charge in [-0.25, -0.2) is 0 Å². The summed E-state index contributed by atoms with van der Waals surface area (Å²) >= 11 is 24.2. The molecule has 0 radical (unpaired) electrons. The molecule has 0 fully saturated rings. The highest BCUT2D eigenvalue weighted by atomic mass is 35.5. The molecule has 0 aliphatic carbocycles. The van der Waals surface area contributed by atoms with Crippen molar-refractivity contribution in [3.63, 3.8) is 0 Å². The SMILES string of the molecule is Clc1ccc(COc2ccc(CNc3cc(Cl)ccc3Cl)cc2)c(Cl)c1. The van der Waals surface area contributed by atoms with Crippen LogP contribution in [0.4, 0.5) is 5.69 Å². The number of benzene rings is 3. The average Bonchev–Trinajstić information content (AvgIpc) is 2.63. The standard InChI is InChI=1S/C20H15Cl4NO/c21-15-4-3-14(19(24)9-15)12-26-17-6-1-13(2-7-17)11-25-20-10-16(22)5-8-18(20)23/h1-10,25H,11-12H2. The average molecular weight is 427 g/mol. The maximum absolute atomic E-state index is 6.15. The molecule has 26 heavy (non-hydrogen) atoms. The summed E-state index contributed by atoms with van der Waals surface area (Å²) in [6.07, 6.45) is 0. The quantitative estimate of drug-likeness (QED) is 0.440. The van der Waals surface area contributed by atoms with Crippen LogP contribution >= 0.6 is 46.4 Å². The van der Waals surface area contributed by atoms with Crippen LogP contribution in [0.3, 0.4) is 0 Å². The summed E-state index contributed by atoms with van der Waals surface area (Å²) in [7, 11) is 0. The molecule has 6 heteroatoms. The third-order valence-electron chi connectivity index (χ3n) is 3.74. The van der Waals surface area contributed by atoms with Crippen LogP contribution in [-0.2, 0) is 13.2 Å². The summed E-state index contributed by atoms with van der Waals surface area (Å²) in [5.74, 6) is 0.764. The van der Waals surface area contributed by atoms with Gasteiger partial charge in [-0.3, -0.25) is 0 Å². The van der Waals surface area contributed by atoms with Crippen LogP contribution in [0, 0.1) is 0 Å². The Hall–Kier alpha value is -1.58. The van der Waals surface area contributed by atoms with Gasteiger partial charge in [0.1, 0.15) is 12.4 Å². The van der Waals surface area contributed by atoms with Crippen LogP contribution in [0.15, 0.2) is 60.7 Å². The molecule has 3 aromatic carbocycles. The van der Waals surface area contributed by atoms with Gasteiger partial charge in [0.2, 0.25) is 0 Å². The highest BCUT2D eigenvalue weighted by molar-refractivity contribution is 6.35. The lowest BCUT2D eigenvalue weighted by molar-refractivity contribution is 0.306. The van der Waals surface area contributed by atoms with E-state index in [0.717, 1.165) is 22.6 Å². The minimum Gasteiger partial charge on any atom is -0.489 e. The second-order valence-corrected chi connectivity index (χ2v) is 7.33. The Morgan fingerprint density at radius 3 is 2.15 bits per heavy atom. The summed E-state index contributed by atoms with van der Waals surface area (Å²) in [6.45, 7) is 1.01. The van der Waals surface area contributed by atoms with Gasteiger partial charge >= 0.3 is 0 Å². The number of rotatable bonds is 6. The molecule has 3 aromatic rings. The monoisotopic (exact) mass is 425 g/mol. The molecule has 0 aliphatic heterocycles. The Labute approximate surface area is 172 Å². The number of ether oxygens (including phenoxy) is 1. The lowest BCUT2D eigenvalue weighted by Gasteiger charge is -2.11. The molecule has 0 aliphatic rings. The van der Waals surface area contributed by atoms with E-state index in [1.165, 1.54) is 0 Å². The normalized spacial score (nSPS) is 10.6. The predicted octanol–water partition coefficient (Wildman–Crippen LogP) is 7.49. The first-order chi connectivity index (χ1) is 12.5. The fraction of sp³-hybridized carbons (Fsp3) is 0.100. The zero-order valence-electron chi connectivity index (χ0n) is 13.6. The first-order valence-electron chi connectivity index (χ1n) is 7.86. The Morgan fingerprint density at radius 2 is 1.42 bits per heavy atom. The molecule has 1 N–H and O–H groups in total. The number of nitrogens with one attached hydrogen (secondary N) is 1. The number of anilines is 1. The van der Waals surface area contributed by atoms with Crippen LogP contribution in [0.2, 0.25) is 20.1 Å². The minimum atomic E-state index is 0.381. The zero-order chi connectivity index (χ0) is 18.5. The van der Waals surface area contributed by atoms with Gasteiger partial charge in [0.15, 0.2) is 0 Å². The molecular weight excluding hydrogens is 412 g/mol. The van der Waals surface area contributed by atoms with Crippen LogP contribution in [0.25, 0.3) is 0 Å². The fourth-order valence-electron chi connectivity index (χ4n) is 2.33. The number of halogens is 4. The van der Waals surface area contributed by atoms with E-state index in [9.17, 15) is 0 Å². The van der Waals surface area contributed by atoms with Gasteiger partial charge < -0.3 is 10.1 Å². The smallest absolute Gasteiger partial charge is 0.119 e. The third kappa shape index (κ3) is 5.21. The molecular formula is C20H15Cl4NO. The third-order valence-corrected chi connectivity index (χ3v) is 4.90. The molecule has 0 unspecified atom stereocenters. The predicted molar refractivity (Wildman–Crippen MR) is 111 cm³/mol. The van der Waals surface area contributed by atoms with Crippen LogP contribution < -0.4 is 10.1 Å². The van der Waals surface area contributed by atoms with Crippen LogP contribution in [0.5, 0.6) is 5.75 Å². The van der Waals surface area contributed by atoms with E-state index in [4.69, 9.17) is 51.1 Å². The van der Waals surface area contributed by atoms with Crippen molar-refractivity contribution in [2.24, 2.45) is 0 Å². The highest BCUT2D eigenvalue weighted by Gasteiger charge is 2.04. The molecule has 0 spiro atoms. The maximum Gasteiger partial charge on any atom is 0.119 e. The Kier molecular flexibility index (Phi) is 6.55. The van der Waals surface area contributed by atoms with Crippen molar-refractivity contribution in [1.29, 1.82) is 0 Å².